The van der Waals surface area contributed by atoms with Crippen LogP contribution in [-0.4, -0.2) is 25.0 Å². The number of nitrogens with zero attached hydrogens (tertiary/aromatic N) is 1. The Hall–Kier alpha value is -3.39. The van der Waals surface area contributed by atoms with E-state index >= 15 is 0 Å². The van der Waals surface area contributed by atoms with Crippen LogP contribution in [0.4, 0.5) is 5.69 Å². The van der Waals surface area contributed by atoms with E-state index in [4.69, 9.17) is 11.3 Å². The number of amides is 1. The summed E-state index contributed by atoms with van der Waals surface area (Å²) in [5.74, 6) is -0.642. The monoisotopic (exact) mass is 334 g/mol. The first-order valence-electron chi connectivity index (χ1n) is 7.79. The smallest absolute Gasteiger partial charge is 0.330 e. The van der Waals surface area contributed by atoms with E-state index in [1.165, 1.54) is 0 Å². The highest BCUT2D eigenvalue weighted by molar-refractivity contribution is 5.94. The predicted molar refractivity (Wildman–Crippen MR) is 96.2 cm³/mol. The molecule has 0 unspecified atom stereocenters. The molecule has 0 saturated heterocycles. The fourth-order valence-electron chi connectivity index (χ4n) is 2.15. The summed E-state index contributed by atoms with van der Waals surface area (Å²) in [4.78, 5) is 26.3. The minimum absolute atomic E-state index is 0.176. The van der Waals surface area contributed by atoms with Crippen molar-refractivity contribution in [3.05, 3.63) is 78.2 Å². The molecule has 2 aromatic carbocycles. The van der Waals surface area contributed by atoms with Gasteiger partial charge in [0.05, 0.1) is 13.2 Å². The third-order valence-electron chi connectivity index (χ3n) is 3.49. The van der Waals surface area contributed by atoms with Gasteiger partial charge in [-0.1, -0.05) is 43.0 Å². The summed E-state index contributed by atoms with van der Waals surface area (Å²) in [6.45, 7) is 10.9. The molecule has 0 bridgehead atoms. The maximum absolute atomic E-state index is 12.1. The number of hydrogen-bond donors (Lipinski definition) is 1. The van der Waals surface area contributed by atoms with Gasteiger partial charge in [0.2, 0.25) is 0 Å². The number of esters is 1. The van der Waals surface area contributed by atoms with Gasteiger partial charge >= 0.3 is 5.97 Å². The molecule has 1 amide bonds. The van der Waals surface area contributed by atoms with Crippen molar-refractivity contribution in [1.29, 1.82) is 0 Å². The quantitative estimate of drug-likeness (QED) is 0.363. The van der Waals surface area contributed by atoms with Crippen LogP contribution >= 0.6 is 0 Å². The van der Waals surface area contributed by atoms with Crippen LogP contribution in [0.5, 0.6) is 0 Å². The lowest BCUT2D eigenvalue weighted by atomic mass is 10.0. The highest BCUT2D eigenvalue weighted by atomic mass is 16.5. The average molecular weight is 334 g/mol. The summed E-state index contributed by atoms with van der Waals surface area (Å²) in [7, 11) is 0. The van der Waals surface area contributed by atoms with Crippen LogP contribution < -0.4 is 5.32 Å². The zero-order valence-electron chi connectivity index (χ0n) is 13.7. The third kappa shape index (κ3) is 5.33. The number of carbonyl (C=O) groups excluding carboxylic acids is 2. The summed E-state index contributed by atoms with van der Waals surface area (Å²) < 4.78 is 4.83. The van der Waals surface area contributed by atoms with Gasteiger partial charge in [0.15, 0.2) is 5.69 Å². The molecule has 2 rings (SSSR count). The number of ether oxygens (including phenoxy) is 1. The molecule has 2 aromatic rings. The predicted octanol–water partition coefficient (Wildman–Crippen LogP) is 3.75. The molecule has 25 heavy (non-hydrogen) atoms. The van der Waals surface area contributed by atoms with Crippen molar-refractivity contribution in [3.63, 3.8) is 0 Å². The molecule has 5 heteroatoms. The van der Waals surface area contributed by atoms with Gasteiger partial charge in [-0.25, -0.2) is 9.64 Å². The van der Waals surface area contributed by atoms with E-state index in [9.17, 15) is 9.59 Å². The van der Waals surface area contributed by atoms with Crippen molar-refractivity contribution in [2.75, 3.05) is 13.2 Å². The molecule has 0 heterocycles. The van der Waals surface area contributed by atoms with Crippen molar-refractivity contribution in [3.8, 4) is 11.1 Å². The van der Waals surface area contributed by atoms with Gasteiger partial charge in [-0.2, -0.15) is 0 Å². The van der Waals surface area contributed by atoms with Crippen molar-refractivity contribution in [2.45, 2.75) is 6.42 Å². The Kier molecular flexibility index (Phi) is 6.49. The fourth-order valence-corrected chi connectivity index (χ4v) is 2.15. The van der Waals surface area contributed by atoms with E-state index in [1.807, 2.05) is 24.3 Å². The largest absolute Gasteiger partial charge is 0.462 e. The minimum atomic E-state index is -0.466. The van der Waals surface area contributed by atoms with Gasteiger partial charge < -0.3 is 10.1 Å². The molecule has 0 aromatic heterocycles. The molecule has 126 valence electrons. The minimum Gasteiger partial charge on any atom is -0.462 e. The van der Waals surface area contributed by atoms with E-state index in [2.05, 4.69) is 16.7 Å². The molecular formula is C20H18N2O3. The van der Waals surface area contributed by atoms with Gasteiger partial charge in [0.25, 0.3) is 5.91 Å². The molecule has 0 atom stereocenters. The van der Waals surface area contributed by atoms with Gasteiger partial charge in [-0.3, -0.25) is 4.79 Å². The Morgan fingerprint density at radius 1 is 1.08 bits per heavy atom. The van der Waals surface area contributed by atoms with Crippen molar-refractivity contribution < 1.29 is 14.3 Å². The molecule has 0 saturated carbocycles. The molecule has 0 aliphatic carbocycles. The van der Waals surface area contributed by atoms with Crippen LogP contribution in [-0.2, 0) is 9.53 Å². The van der Waals surface area contributed by atoms with E-state index in [1.54, 1.807) is 24.3 Å². The van der Waals surface area contributed by atoms with Crippen LogP contribution in [0, 0.1) is 6.57 Å². The summed E-state index contributed by atoms with van der Waals surface area (Å²) in [6, 6.07) is 14.5. The second-order valence-electron chi connectivity index (χ2n) is 5.22. The van der Waals surface area contributed by atoms with Crippen molar-refractivity contribution >= 4 is 17.6 Å². The lowest BCUT2D eigenvalue weighted by Gasteiger charge is -2.07. The average Bonchev–Trinajstić information content (AvgIpc) is 2.67. The topological polar surface area (TPSA) is 59.8 Å². The molecule has 1 N–H and O–H groups in total. The number of hydrogen-bond acceptors (Lipinski definition) is 3. The zero-order chi connectivity index (χ0) is 18.1. The summed E-state index contributed by atoms with van der Waals surface area (Å²) in [6.07, 6.45) is 1.65. The second kappa shape index (κ2) is 9.04. The SMILES string of the molecule is [C-]#[N+]c1ccc(-c2ccc(C(=O)NCCCOC(=O)C=C)cc2)cc1. The van der Waals surface area contributed by atoms with E-state index in [0.717, 1.165) is 17.2 Å². The third-order valence-corrected chi connectivity index (χ3v) is 3.49. The lowest BCUT2D eigenvalue weighted by molar-refractivity contribution is -0.137. The number of benzene rings is 2. The number of carbonyl (C=O) groups is 2. The molecular weight excluding hydrogens is 316 g/mol. The van der Waals surface area contributed by atoms with Crippen LogP contribution in [0.15, 0.2) is 61.2 Å². The van der Waals surface area contributed by atoms with Crippen LogP contribution in [0.25, 0.3) is 16.0 Å². The van der Waals surface area contributed by atoms with Crippen LogP contribution in [0.2, 0.25) is 0 Å². The summed E-state index contributed by atoms with van der Waals surface area (Å²) >= 11 is 0. The Morgan fingerprint density at radius 3 is 2.24 bits per heavy atom. The first kappa shape index (κ1) is 18.0. The van der Waals surface area contributed by atoms with E-state index in [-0.39, 0.29) is 12.5 Å². The zero-order valence-corrected chi connectivity index (χ0v) is 13.7. The van der Waals surface area contributed by atoms with Crippen molar-refractivity contribution in [1.82, 2.24) is 5.32 Å². The Balaban J connectivity index is 1.86. The molecule has 0 spiro atoms. The Bertz CT molecular complexity index is 787. The van der Waals surface area contributed by atoms with Crippen LogP contribution in [0.1, 0.15) is 16.8 Å². The van der Waals surface area contributed by atoms with Gasteiger partial charge in [0, 0.05) is 18.2 Å². The Labute approximate surface area is 146 Å². The first-order valence-corrected chi connectivity index (χ1v) is 7.79. The highest BCUT2D eigenvalue weighted by Gasteiger charge is 2.06. The second-order valence-corrected chi connectivity index (χ2v) is 5.22. The van der Waals surface area contributed by atoms with Crippen LogP contribution in [0.3, 0.4) is 0 Å². The molecule has 0 aliphatic heterocycles. The molecule has 5 nitrogen and oxygen atoms in total. The normalized spacial score (nSPS) is 9.72. The first-order chi connectivity index (χ1) is 12.1. The molecule has 0 fully saturated rings. The van der Waals surface area contributed by atoms with E-state index in [0.29, 0.717) is 24.2 Å². The molecule has 0 aliphatic rings. The van der Waals surface area contributed by atoms with Crippen molar-refractivity contribution in [2.24, 2.45) is 0 Å². The number of rotatable bonds is 7. The summed E-state index contributed by atoms with van der Waals surface area (Å²) in [5, 5.41) is 2.78. The van der Waals surface area contributed by atoms with E-state index < -0.39 is 5.97 Å². The highest BCUT2D eigenvalue weighted by Crippen LogP contribution is 2.23. The maximum Gasteiger partial charge on any atom is 0.330 e. The molecule has 0 radical (unpaired) electrons. The Morgan fingerprint density at radius 2 is 1.68 bits per heavy atom. The van der Waals surface area contributed by atoms with Gasteiger partial charge in [-0.15, -0.1) is 0 Å². The van der Waals surface area contributed by atoms with Gasteiger partial charge in [0.1, 0.15) is 0 Å². The maximum atomic E-state index is 12.1. The van der Waals surface area contributed by atoms with Gasteiger partial charge in [-0.05, 0) is 29.7 Å². The summed E-state index contributed by atoms with van der Waals surface area (Å²) in [5.41, 5.74) is 3.12. The number of nitrogens with one attached hydrogen (secondary N) is 1. The fraction of sp³-hybridized carbons (Fsp3) is 0.150. The standard InChI is InChI=1S/C20H18N2O3/c1-3-19(23)25-14-4-13-22-20(24)17-7-5-15(6-8-17)16-9-11-18(21-2)12-10-16/h3,5-12H,1,4,13-14H2,(H,22,24). The lowest BCUT2D eigenvalue weighted by Crippen LogP contribution is -2.25.